The van der Waals surface area contributed by atoms with Crippen molar-refractivity contribution in [3.63, 3.8) is 0 Å². The van der Waals surface area contributed by atoms with Crippen LogP contribution in [0, 0.1) is 19.3 Å². The van der Waals surface area contributed by atoms with Gasteiger partial charge in [-0.2, -0.15) is 0 Å². The highest BCUT2D eigenvalue weighted by molar-refractivity contribution is 6.10. The SMILES string of the molecule is COc1c(C(=O)O)c(OC2CCNCC2)c(C)c2c1nc(C)n2-c1ccc(C(=N)N)c2ccccc12. The lowest BCUT2D eigenvalue weighted by atomic mass is 10.0. The number of aryl methyl sites for hydroxylation is 2. The number of ether oxygens (including phenoxy) is 2. The second-order valence-corrected chi connectivity index (χ2v) is 9.02. The number of carbonyl (C=O) groups is 1. The molecule has 0 amide bonds. The maximum atomic E-state index is 12.4. The van der Waals surface area contributed by atoms with E-state index in [0.29, 0.717) is 28.2 Å². The molecular formula is C27H29N5O4. The topological polar surface area (TPSA) is 135 Å². The number of amidine groups is 1. The number of aromatic nitrogens is 2. The molecule has 5 rings (SSSR count). The van der Waals surface area contributed by atoms with Crippen molar-refractivity contribution in [3.05, 3.63) is 58.9 Å². The summed E-state index contributed by atoms with van der Waals surface area (Å²) in [6.45, 7) is 5.38. The number of nitrogen functional groups attached to an aromatic ring is 1. The number of fused-ring (bicyclic) bond motifs is 2. The first kappa shape index (κ1) is 23.6. The first-order valence-electron chi connectivity index (χ1n) is 11.9. The second kappa shape index (κ2) is 9.16. The molecule has 0 spiro atoms. The van der Waals surface area contributed by atoms with Crippen molar-refractivity contribution in [1.82, 2.24) is 14.9 Å². The fourth-order valence-corrected chi connectivity index (χ4v) is 5.18. The highest BCUT2D eigenvalue weighted by Crippen LogP contribution is 2.43. The molecule has 0 aliphatic carbocycles. The van der Waals surface area contributed by atoms with Crippen molar-refractivity contribution in [2.24, 2.45) is 5.73 Å². The highest BCUT2D eigenvalue weighted by Gasteiger charge is 2.30. The van der Waals surface area contributed by atoms with Crippen LogP contribution in [0.1, 0.15) is 40.2 Å². The number of nitrogens with one attached hydrogen (secondary N) is 2. The molecule has 1 saturated heterocycles. The Morgan fingerprint density at radius 1 is 1.14 bits per heavy atom. The fraction of sp³-hybridized carbons (Fsp3) is 0.296. The van der Waals surface area contributed by atoms with Gasteiger partial charge < -0.3 is 25.6 Å². The van der Waals surface area contributed by atoms with Crippen LogP contribution in [0.25, 0.3) is 27.5 Å². The molecule has 3 aromatic carbocycles. The smallest absolute Gasteiger partial charge is 0.343 e. The maximum absolute atomic E-state index is 12.4. The Labute approximate surface area is 208 Å². The van der Waals surface area contributed by atoms with E-state index in [1.54, 1.807) is 0 Å². The fourth-order valence-electron chi connectivity index (χ4n) is 5.18. The Bertz CT molecular complexity index is 1520. The van der Waals surface area contributed by atoms with Gasteiger partial charge in [-0.25, -0.2) is 9.78 Å². The number of benzene rings is 3. The van der Waals surface area contributed by atoms with Gasteiger partial charge in [0.15, 0.2) is 5.75 Å². The van der Waals surface area contributed by atoms with E-state index in [1.807, 2.05) is 54.8 Å². The number of aromatic carboxylic acids is 1. The van der Waals surface area contributed by atoms with E-state index >= 15 is 0 Å². The minimum Gasteiger partial charge on any atom is -0.493 e. The Morgan fingerprint density at radius 3 is 2.47 bits per heavy atom. The van der Waals surface area contributed by atoms with Crippen LogP contribution in [0.4, 0.5) is 0 Å². The lowest BCUT2D eigenvalue weighted by Crippen LogP contribution is -2.34. The first-order valence-corrected chi connectivity index (χ1v) is 11.9. The molecule has 2 heterocycles. The van der Waals surface area contributed by atoms with Gasteiger partial charge in [0.05, 0.1) is 18.3 Å². The van der Waals surface area contributed by atoms with E-state index in [9.17, 15) is 9.90 Å². The molecule has 0 bridgehead atoms. The Morgan fingerprint density at radius 2 is 1.83 bits per heavy atom. The van der Waals surface area contributed by atoms with Gasteiger partial charge in [0.1, 0.15) is 34.6 Å². The summed E-state index contributed by atoms with van der Waals surface area (Å²) in [5.41, 5.74) is 9.20. The summed E-state index contributed by atoms with van der Waals surface area (Å²) >= 11 is 0. The Kier molecular flexibility index (Phi) is 6.01. The lowest BCUT2D eigenvalue weighted by Gasteiger charge is -2.26. The predicted octanol–water partition coefficient (Wildman–Crippen LogP) is 3.92. The molecule has 0 radical (unpaired) electrons. The monoisotopic (exact) mass is 487 g/mol. The third-order valence-electron chi connectivity index (χ3n) is 6.83. The van der Waals surface area contributed by atoms with Crippen LogP contribution in [-0.4, -0.2) is 52.8 Å². The standard InChI is InChI=1S/C27H29N5O4/c1-14-23-22(25(35-3)21(27(33)34)24(14)36-16-10-12-30-13-11-16)31-15(2)32(23)20-9-8-19(26(28)29)17-6-4-5-7-18(17)20/h4-9,16,30H,10-13H2,1-3H3,(H3,28,29)(H,33,34). The minimum absolute atomic E-state index is 0.00781. The summed E-state index contributed by atoms with van der Waals surface area (Å²) in [7, 11) is 1.45. The van der Waals surface area contributed by atoms with Crippen molar-refractivity contribution in [2.45, 2.75) is 32.8 Å². The van der Waals surface area contributed by atoms with Gasteiger partial charge >= 0.3 is 5.97 Å². The van der Waals surface area contributed by atoms with Gasteiger partial charge in [0, 0.05) is 16.5 Å². The van der Waals surface area contributed by atoms with E-state index in [-0.39, 0.29) is 23.3 Å². The molecule has 9 nitrogen and oxygen atoms in total. The van der Waals surface area contributed by atoms with Gasteiger partial charge in [-0.1, -0.05) is 24.3 Å². The number of nitrogens with two attached hydrogens (primary N) is 1. The molecule has 1 aromatic heterocycles. The van der Waals surface area contributed by atoms with Gasteiger partial charge in [-0.15, -0.1) is 0 Å². The number of hydrogen-bond donors (Lipinski definition) is 4. The van der Waals surface area contributed by atoms with E-state index < -0.39 is 5.97 Å². The third-order valence-corrected chi connectivity index (χ3v) is 6.83. The quantitative estimate of drug-likeness (QED) is 0.239. The van der Waals surface area contributed by atoms with Crippen LogP contribution in [0.15, 0.2) is 36.4 Å². The van der Waals surface area contributed by atoms with Crippen LogP contribution in [0.2, 0.25) is 0 Å². The van der Waals surface area contributed by atoms with Crippen LogP contribution in [-0.2, 0) is 0 Å². The summed E-state index contributed by atoms with van der Waals surface area (Å²) < 4.78 is 14.0. The van der Waals surface area contributed by atoms with E-state index in [0.717, 1.165) is 47.9 Å². The number of rotatable bonds is 6. The van der Waals surface area contributed by atoms with Crippen LogP contribution in [0.3, 0.4) is 0 Å². The highest BCUT2D eigenvalue weighted by atomic mass is 16.5. The van der Waals surface area contributed by atoms with Crippen molar-refractivity contribution < 1.29 is 19.4 Å². The lowest BCUT2D eigenvalue weighted by molar-refractivity contribution is 0.0682. The molecule has 9 heteroatoms. The van der Waals surface area contributed by atoms with Crippen molar-refractivity contribution in [1.29, 1.82) is 5.41 Å². The number of carboxylic acid groups (broad SMARTS) is 1. The van der Waals surface area contributed by atoms with E-state index in [1.165, 1.54) is 7.11 Å². The number of carboxylic acids is 1. The predicted molar refractivity (Wildman–Crippen MR) is 139 cm³/mol. The minimum atomic E-state index is -1.12. The van der Waals surface area contributed by atoms with Crippen molar-refractivity contribution in [3.8, 4) is 17.2 Å². The molecule has 186 valence electrons. The van der Waals surface area contributed by atoms with Gasteiger partial charge in [0.2, 0.25) is 0 Å². The summed E-state index contributed by atoms with van der Waals surface area (Å²) in [4.78, 5) is 17.2. The number of methoxy groups -OCH3 is 1. The molecule has 4 aromatic rings. The summed E-state index contributed by atoms with van der Waals surface area (Å²) in [5.74, 6) is 0.0291. The average molecular weight is 488 g/mol. The molecular weight excluding hydrogens is 458 g/mol. The van der Waals surface area contributed by atoms with Crippen molar-refractivity contribution >= 4 is 33.6 Å². The molecule has 1 aliphatic heterocycles. The number of imidazole rings is 1. The summed E-state index contributed by atoms with van der Waals surface area (Å²) in [5, 5.41) is 23.2. The van der Waals surface area contributed by atoms with Crippen LogP contribution < -0.4 is 20.5 Å². The maximum Gasteiger partial charge on any atom is 0.343 e. The zero-order valence-electron chi connectivity index (χ0n) is 20.5. The third kappa shape index (κ3) is 3.72. The van der Waals surface area contributed by atoms with Gasteiger partial charge in [-0.05, 0) is 57.3 Å². The molecule has 0 saturated carbocycles. The Balaban J connectivity index is 1.84. The number of hydrogen-bond acceptors (Lipinski definition) is 6. The van der Waals surface area contributed by atoms with Crippen LogP contribution in [0.5, 0.6) is 11.5 Å². The second-order valence-electron chi connectivity index (χ2n) is 9.02. The summed E-state index contributed by atoms with van der Waals surface area (Å²) in [6, 6.07) is 11.5. The zero-order valence-corrected chi connectivity index (χ0v) is 20.5. The molecule has 1 aliphatic rings. The molecule has 0 atom stereocenters. The van der Waals surface area contributed by atoms with E-state index in [2.05, 4.69) is 5.32 Å². The zero-order chi connectivity index (χ0) is 25.6. The number of nitrogens with zero attached hydrogens (tertiary/aromatic N) is 2. The molecule has 1 fully saturated rings. The summed E-state index contributed by atoms with van der Waals surface area (Å²) in [6.07, 6.45) is 1.47. The van der Waals surface area contributed by atoms with Crippen molar-refractivity contribution in [2.75, 3.05) is 20.2 Å². The van der Waals surface area contributed by atoms with Gasteiger partial charge in [0.25, 0.3) is 0 Å². The number of piperidine rings is 1. The molecule has 0 unspecified atom stereocenters. The first-order chi connectivity index (χ1) is 17.3. The molecule has 36 heavy (non-hydrogen) atoms. The Hall–Kier alpha value is -4.11. The largest absolute Gasteiger partial charge is 0.493 e. The normalized spacial score (nSPS) is 14.3. The van der Waals surface area contributed by atoms with Gasteiger partial charge in [-0.3, -0.25) is 9.98 Å². The van der Waals surface area contributed by atoms with E-state index in [4.69, 9.17) is 25.6 Å². The molecule has 5 N–H and O–H groups in total. The average Bonchev–Trinajstić information content (AvgIpc) is 3.21. The van der Waals surface area contributed by atoms with Crippen LogP contribution >= 0.6 is 0 Å².